The van der Waals surface area contributed by atoms with Crippen LogP contribution in [0.2, 0.25) is 0 Å². The zero-order valence-electron chi connectivity index (χ0n) is 39.5. The standard InChI is InChI=1S/C19H30N4O3.C10H21N3.C9H10FNO3.CH3F.CH2O3.2K.H/c1-4-15-13-18(23(24)25)19(26-3)14-17(15)22-7-5-16(6-8-22)21-11-9-20(2)10-12-21;1-12-6-8-13(9-7-12)10-2-4-11-5-3-10;1-3-6-4-8(11(12)13)9(14-2)5-7(6)10;1-2;2-1-4-3;;;/h13-14,16H,4-12H2,1-3H3;10-11H,2-9H2,1H3;4-5H,3H2,1-2H3;1H3;1,3H;;;/q;;;;;2*+1;-1/p-1/i;;;1D;;;;. The second-order valence-electron chi connectivity index (χ2n) is 14.6. The molecule has 4 heterocycles. The molecule has 0 spiro atoms. The van der Waals surface area contributed by atoms with Crippen LogP contribution in [0.5, 0.6) is 11.5 Å². The number of nitro benzene ring substituents is 2. The maximum Gasteiger partial charge on any atom is 1.00 e. The summed E-state index contributed by atoms with van der Waals surface area (Å²) in [6.45, 7) is 17.7. The fourth-order valence-electron chi connectivity index (χ4n) is 7.67. The fraction of sp³-hybridized carbons (Fsp3) is 0.675. The second kappa shape index (κ2) is 33.5. The molecule has 0 aliphatic carbocycles. The van der Waals surface area contributed by atoms with E-state index in [0.717, 1.165) is 81.9 Å². The van der Waals surface area contributed by atoms with Gasteiger partial charge in [0, 0.05) is 107 Å². The van der Waals surface area contributed by atoms with Crippen LogP contribution in [0.4, 0.5) is 25.8 Å². The minimum Gasteiger partial charge on any atom is -1.00 e. The summed E-state index contributed by atoms with van der Waals surface area (Å²) in [4.78, 5) is 44.7. The number of piperidine rings is 2. The third-order valence-corrected chi connectivity index (χ3v) is 11.1. The average Bonchev–Trinajstić information content (AvgIpc) is 3.27. The molecule has 4 fully saturated rings. The molecule has 0 amide bonds. The number of carbonyl (C=O) groups excluding carboxylic acids is 1. The molecule has 6 rings (SSSR count). The van der Waals surface area contributed by atoms with E-state index in [0.29, 0.717) is 23.8 Å². The number of hydrogen-bond acceptors (Lipinski definition) is 15. The predicted molar refractivity (Wildman–Crippen MR) is 223 cm³/mol. The van der Waals surface area contributed by atoms with Crippen molar-refractivity contribution >= 4 is 23.5 Å². The molecular weight excluding hydrogens is 853 g/mol. The summed E-state index contributed by atoms with van der Waals surface area (Å²) in [5, 5.41) is 33.7. The van der Waals surface area contributed by atoms with Gasteiger partial charge in [-0.2, -0.15) is 0 Å². The summed E-state index contributed by atoms with van der Waals surface area (Å²) in [6.07, 6.45) is 6.18. The van der Waals surface area contributed by atoms with E-state index < -0.39 is 17.9 Å². The summed E-state index contributed by atoms with van der Waals surface area (Å²) in [6, 6.07) is 7.30. The van der Waals surface area contributed by atoms with Gasteiger partial charge in [-0.25, -0.2) is 4.39 Å². The average molecular weight is 920 g/mol. The van der Waals surface area contributed by atoms with E-state index >= 15 is 0 Å². The molecule has 4 saturated heterocycles. The van der Waals surface area contributed by atoms with Crippen LogP contribution in [0.25, 0.3) is 0 Å². The summed E-state index contributed by atoms with van der Waals surface area (Å²) in [5.74, 6) is -0.178. The number of nitrogens with zero attached hydrogens (tertiary/aromatic N) is 7. The summed E-state index contributed by atoms with van der Waals surface area (Å²) < 4.78 is 38.7. The van der Waals surface area contributed by atoms with Crippen molar-refractivity contribution in [3.63, 3.8) is 0 Å². The smallest absolute Gasteiger partial charge is 1.00 e. The number of ether oxygens (including phenoxy) is 2. The van der Waals surface area contributed by atoms with Crippen molar-refractivity contribution in [2.45, 2.75) is 64.5 Å². The first-order chi connectivity index (χ1) is 28.8. The second-order valence-corrected chi connectivity index (χ2v) is 14.6. The molecule has 0 saturated carbocycles. The number of anilines is 1. The minimum absolute atomic E-state index is 0. The molecule has 4 aliphatic rings. The van der Waals surface area contributed by atoms with Crippen molar-refractivity contribution in [2.24, 2.45) is 0 Å². The number of likely N-dealkylation sites (N-methyl/N-ethyl adjacent to an activating group) is 2. The molecular formula is C40H66F2K2N8O9. The van der Waals surface area contributed by atoms with Crippen LogP contribution < -0.4 is 128 Å². The quantitative estimate of drug-likeness (QED) is 0.0893. The van der Waals surface area contributed by atoms with Crippen LogP contribution >= 0.6 is 0 Å². The van der Waals surface area contributed by atoms with Gasteiger partial charge < -0.3 is 41.1 Å². The zero-order valence-corrected chi connectivity index (χ0v) is 43.8. The number of aryl methyl sites for hydroxylation is 2. The Morgan fingerprint density at radius 3 is 1.54 bits per heavy atom. The molecule has 4 aliphatic heterocycles. The van der Waals surface area contributed by atoms with Crippen LogP contribution in [0.3, 0.4) is 0 Å². The number of hydrogen-bond donors (Lipinski definition) is 1. The number of halogens is 2. The van der Waals surface area contributed by atoms with Gasteiger partial charge in [0.15, 0.2) is 11.5 Å². The third-order valence-electron chi connectivity index (χ3n) is 11.1. The molecule has 61 heavy (non-hydrogen) atoms. The Hall–Kier alpha value is -0.997. The third kappa shape index (κ3) is 20.0. The van der Waals surface area contributed by atoms with E-state index in [-0.39, 0.29) is 133 Å². The molecule has 2 aromatic rings. The van der Waals surface area contributed by atoms with Gasteiger partial charge >= 0.3 is 114 Å². The van der Waals surface area contributed by atoms with Crippen LogP contribution in [-0.4, -0.2) is 162 Å². The Morgan fingerprint density at radius 2 is 1.16 bits per heavy atom. The molecule has 1 N–H and O–H groups in total. The SMILES string of the molecule is CCc1cc([N+](=O)[O-])c(OC)cc1F.CCc1cc([N+](=O)[O-])c(OC)cc1N1CCC(N2CCN(C)CC2)CC1.CN1CCN(C2CCNCC2)CC1.O=CO[O-].[2H]CF.[H-].[K+].[K+]. The van der Waals surface area contributed by atoms with Gasteiger partial charge in [0.1, 0.15) is 5.82 Å². The van der Waals surface area contributed by atoms with E-state index in [1.165, 1.54) is 72.4 Å². The van der Waals surface area contributed by atoms with Gasteiger partial charge in [0.25, 0.3) is 6.47 Å². The van der Waals surface area contributed by atoms with Crippen molar-refractivity contribution in [3.05, 3.63) is 61.4 Å². The van der Waals surface area contributed by atoms with Gasteiger partial charge in [-0.3, -0.25) is 39.2 Å². The van der Waals surface area contributed by atoms with Gasteiger partial charge in [-0.05, 0) is 76.8 Å². The molecule has 0 radical (unpaired) electrons. The number of benzene rings is 2. The van der Waals surface area contributed by atoms with Crippen LogP contribution in [0, 0.1) is 26.0 Å². The van der Waals surface area contributed by atoms with Gasteiger partial charge in [0.05, 0.1) is 32.6 Å². The first-order valence-electron chi connectivity index (χ1n) is 20.8. The number of methoxy groups -OCH3 is 2. The minimum atomic E-state index is -1.00. The largest absolute Gasteiger partial charge is 1.00 e. The van der Waals surface area contributed by atoms with Crippen LogP contribution in [0.15, 0.2) is 24.3 Å². The molecule has 21 heteroatoms. The maximum atomic E-state index is 13.2. The number of nitrogens with one attached hydrogen (secondary N) is 1. The Morgan fingerprint density at radius 1 is 0.770 bits per heavy atom. The monoisotopic (exact) mass is 919 g/mol. The number of piperazine rings is 2. The Bertz CT molecular complexity index is 1590. The normalized spacial score (nSPS) is 17.9. The van der Waals surface area contributed by atoms with Crippen molar-refractivity contribution in [2.75, 3.05) is 119 Å². The summed E-state index contributed by atoms with van der Waals surface area (Å²) >= 11 is 0. The Labute approximate surface area is 448 Å². The van der Waals surface area contributed by atoms with E-state index in [2.05, 4.69) is 48.8 Å². The molecule has 0 unspecified atom stereocenters. The number of carbonyl (C=O) groups is 1. The molecule has 0 atom stereocenters. The molecule has 2 aromatic carbocycles. The number of nitro groups is 2. The summed E-state index contributed by atoms with van der Waals surface area (Å²) in [5.41, 5.74) is 2.28. The molecule has 336 valence electrons. The van der Waals surface area contributed by atoms with E-state index in [9.17, 15) is 29.0 Å². The van der Waals surface area contributed by atoms with E-state index in [4.69, 9.17) is 20.9 Å². The number of alkyl halides is 1. The fourth-order valence-corrected chi connectivity index (χ4v) is 7.67. The van der Waals surface area contributed by atoms with Crippen LogP contribution in [0.1, 0.15) is 53.5 Å². The maximum absolute atomic E-state index is 13.2. The van der Waals surface area contributed by atoms with E-state index in [1.807, 2.05) is 13.0 Å². The molecule has 0 aromatic heterocycles. The first kappa shape index (κ1) is 58.0. The van der Waals surface area contributed by atoms with Gasteiger partial charge in [0.2, 0.25) is 0 Å². The predicted octanol–water partition coefficient (Wildman–Crippen LogP) is -2.19. The molecule has 17 nitrogen and oxygen atoms in total. The number of rotatable bonds is 10. The van der Waals surface area contributed by atoms with Crippen molar-refractivity contribution < 1.29 is 149 Å². The Balaban J connectivity index is 0. The Kier molecular flexibility index (Phi) is 31.8. The first-order valence-corrected chi connectivity index (χ1v) is 20.1. The molecule has 0 bridgehead atoms. The topological polar surface area (TPSA) is 182 Å². The van der Waals surface area contributed by atoms with Crippen molar-refractivity contribution in [1.82, 2.24) is 24.9 Å². The van der Waals surface area contributed by atoms with Crippen molar-refractivity contribution in [3.8, 4) is 11.5 Å². The van der Waals surface area contributed by atoms with Gasteiger partial charge in [-0.1, -0.05) is 13.8 Å². The van der Waals surface area contributed by atoms with E-state index in [1.54, 1.807) is 13.0 Å². The van der Waals surface area contributed by atoms with Gasteiger partial charge in [-0.15, -0.1) is 0 Å². The van der Waals surface area contributed by atoms with Crippen molar-refractivity contribution in [1.29, 1.82) is 0 Å². The van der Waals surface area contributed by atoms with Crippen LogP contribution in [-0.2, 0) is 22.5 Å². The summed E-state index contributed by atoms with van der Waals surface area (Å²) in [7, 11) is 6.18. The zero-order chi connectivity index (χ0) is 44.6.